The molecule has 0 saturated heterocycles. The molecule has 0 aromatic rings. The lowest BCUT2D eigenvalue weighted by molar-refractivity contribution is -0.136. The number of carbonyl (C=O) groups is 1. The van der Waals surface area contributed by atoms with Gasteiger partial charge in [0, 0.05) is 21.9 Å². The van der Waals surface area contributed by atoms with E-state index < -0.39 is 21.1 Å². The van der Waals surface area contributed by atoms with Crippen molar-refractivity contribution < 1.29 is 17.7 Å². The molecule has 2 aliphatic rings. The lowest BCUT2D eigenvalue weighted by Crippen LogP contribution is -2.47. The van der Waals surface area contributed by atoms with Crippen molar-refractivity contribution in [2.24, 2.45) is 11.3 Å². The summed E-state index contributed by atoms with van der Waals surface area (Å²) in [4.78, 5) is 11.8. The highest BCUT2D eigenvalue weighted by molar-refractivity contribution is 7.90. The van der Waals surface area contributed by atoms with Crippen LogP contribution in [0.4, 0.5) is 0 Å². The van der Waals surface area contributed by atoms with Crippen LogP contribution >= 0.6 is 0 Å². The Morgan fingerprint density at radius 2 is 2.20 bits per heavy atom. The molecule has 0 aromatic heterocycles. The lowest BCUT2D eigenvalue weighted by atomic mass is 9.79. The highest BCUT2D eigenvalue weighted by Crippen LogP contribution is 2.60. The summed E-state index contributed by atoms with van der Waals surface area (Å²) in [6.45, 7) is 3.81. The first-order valence-corrected chi connectivity index (χ1v) is 6.59. The molecule has 4 nitrogen and oxygen atoms in total. The number of hydrogen-bond donors (Lipinski definition) is 0. The molecule has 2 aliphatic carbocycles. The first kappa shape index (κ1) is 11.1. The van der Waals surface area contributed by atoms with Crippen molar-refractivity contribution in [3.63, 3.8) is 0 Å². The molecule has 0 amide bonds. The minimum atomic E-state index is -3.83. The summed E-state index contributed by atoms with van der Waals surface area (Å²) in [5.41, 5.74) is -1.53. The second-order valence-electron chi connectivity index (χ2n) is 5.05. The van der Waals surface area contributed by atoms with Crippen molar-refractivity contribution in [1.29, 1.82) is 0 Å². The van der Waals surface area contributed by atoms with Gasteiger partial charge < -0.3 is 4.55 Å². The Labute approximate surface area is 90.0 Å². The zero-order chi connectivity index (χ0) is 11.5. The highest BCUT2D eigenvalue weighted by atomic mass is 32.2. The van der Waals surface area contributed by atoms with Gasteiger partial charge in [-0.1, -0.05) is 13.8 Å². The SMILES string of the molecule is C=S(=O)([O-])OC12CCC(CC1=O)C2(C)C. The number of carbonyl (C=O) groups excluding carboxylic acids is 1. The fraction of sp³-hybridized carbons (Fsp3) is 0.800. The molecule has 0 aromatic carbocycles. The van der Waals surface area contributed by atoms with Crippen LogP contribution in [0.2, 0.25) is 0 Å². The third-order valence-electron chi connectivity index (χ3n) is 4.06. The maximum Gasteiger partial charge on any atom is 0.166 e. The van der Waals surface area contributed by atoms with Gasteiger partial charge in [-0.05, 0) is 24.6 Å². The maximum absolute atomic E-state index is 11.8. The summed E-state index contributed by atoms with van der Waals surface area (Å²) < 4.78 is 27.3. The molecule has 2 fully saturated rings. The number of rotatable bonds is 2. The topological polar surface area (TPSA) is 66.4 Å². The normalized spacial score (nSPS) is 41.8. The van der Waals surface area contributed by atoms with Gasteiger partial charge in [0.2, 0.25) is 0 Å². The molecule has 3 atom stereocenters. The Kier molecular flexibility index (Phi) is 2.10. The molecule has 86 valence electrons. The van der Waals surface area contributed by atoms with E-state index in [4.69, 9.17) is 4.18 Å². The van der Waals surface area contributed by atoms with Gasteiger partial charge in [-0.3, -0.25) is 13.2 Å². The second kappa shape index (κ2) is 2.84. The molecule has 0 aliphatic heterocycles. The van der Waals surface area contributed by atoms with Gasteiger partial charge in [0.1, 0.15) is 5.60 Å². The Morgan fingerprint density at radius 3 is 2.53 bits per heavy atom. The van der Waals surface area contributed by atoms with Gasteiger partial charge in [-0.2, -0.15) is 0 Å². The molecule has 0 N–H and O–H groups in total. The van der Waals surface area contributed by atoms with E-state index in [2.05, 4.69) is 5.87 Å². The van der Waals surface area contributed by atoms with Crippen LogP contribution in [0, 0.1) is 11.3 Å². The summed E-state index contributed by atoms with van der Waals surface area (Å²) in [5, 5.41) is 0. The van der Waals surface area contributed by atoms with E-state index in [-0.39, 0.29) is 11.7 Å². The fourth-order valence-electron chi connectivity index (χ4n) is 3.05. The van der Waals surface area contributed by atoms with Gasteiger partial charge in [-0.25, -0.2) is 0 Å². The van der Waals surface area contributed by atoms with E-state index in [0.29, 0.717) is 12.8 Å². The quantitative estimate of drug-likeness (QED) is 0.663. The summed E-state index contributed by atoms with van der Waals surface area (Å²) in [5.74, 6) is 3.10. The number of fused-ring (bicyclic) bond motifs is 2. The van der Waals surface area contributed by atoms with E-state index in [1.165, 1.54) is 0 Å². The molecular weight excluding hydrogens is 216 g/mol. The van der Waals surface area contributed by atoms with Gasteiger partial charge in [0.05, 0.1) is 0 Å². The second-order valence-corrected chi connectivity index (χ2v) is 6.33. The summed E-state index contributed by atoms with van der Waals surface area (Å²) in [6, 6.07) is 0. The van der Waals surface area contributed by atoms with Crippen molar-refractivity contribution in [3.8, 4) is 0 Å². The van der Waals surface area contributed by atoms with Crippen LogP contribution < -0.4 is 0 Å². The zero-order valence-corrected chi connectivity index (χ0v) is 9.76. The first-order valence-electron chi connectivity index (χ1n) is 5.01. The molecule has 0 heterocycles. The average Bonchev–Trinajstić information content (AvgIpc) is 2.34. The third kappa shape index (κ3) is 1.37. The Morgan fingerprint density at radius 1 is 1.60 bits per heavy atom. The van der Waals surface area contributed by atoms with E-state index in [9.17, 15) is 13.6 Å². The standard InChI is InChI=1S/C10H16O4S/c1-9(2)7-4-5-10(9,8(11)6-7)14-15(3,12)13/h7H,3-6H2,1-2H3,(H,12,13)/p-1. The van der Waals surface area contributed by atoms with Crippen molar-refractivity contribution in [1.82, 2.24) is 0 Å². The largest absolute Gasteiger partial charge is 0.757 e. The van der Waals surface area contributed by atoms with E-state index in [0.717, 1.165) is 6.42 Å². The number of ketones is 1. The van der Waals surface area contributed by atoms with E-state index in [1.54, 1.807) is 0 Å². The van der Waals surface area contributed by atoms with Crippen molar-refractivity contribution in [3.05, 3.63) is 0 Å². The molecule has 0 spiro atoms. The molecule has 3 unspecified atom stereocenters. The molecule has 0 radical (unpaired) electrons. The number of Topliss-reactive ketones (excluding diaryl/α,β-unsaturated/α-hetero) is 1. The predicted octanol–water partition coefficient (Wildman–Crippen LogP) is 0.913. The van der Waals surface area contributed by atoms with Crippen molar-refractivity contribution >= 4 is 21.7 Å². The highest BCUT2D eigenvalue weighted by Gasteiger charge is 2.66. The molecule has 2 saturated carbocycles. The minimum absolute atomic E-state index is 0.0871. The van der Waals surface area contributed by atoms with Gasteiger partial charge in [0.25, 0.3) is 0 Å². The molecule has 15 heavy (non-hydrogen) atoms. The molecular formula is C10H15O4S-. The van der Waals surface area contributed by atoms with Crippen LogP contribution in [0.15, 0.2) is 0 Å². The fourth-order valence-corrected chi connectivity index (χ4v) is 3.87. The van der Waals surface area contributed by atoms with Crippen LogP contribution in [0.1, 0.15) is 33.1 Å². The number of hydrogen-bond acceptors (Lipinski definition) is 4. The predicted molar refractivity (Wildman–Crippen MR) is 56.0 cm³/mol. The summed E-state index contributed by atoms with van der Waals surface area (Å²) in [7, 11) is -3.83. The van der Waals surface area contributed by atoms with Crippen LogP contribution in [-0.2, 0) is 19.1 Å². The smallest absolute Gasteiger partial charge is 0.166 e. The minimum Gasteiger partial charge on any atom is -0.757 e. The maximum atomic E-state index is 11.8. The summed E-state index contributed by atoms with van der Waals surface area (Å²) >= 11 is 0. The first-order chi connectivity index (χ1) is 6.69. The monoisotopic (exact) mass is 231 g/mol. The van der Waals surface area contributed by atoms with Crippen molar-refractivity contribution in [2.75, 3.05) is 0 Å². The van der Waals surface area contributed by atoms with Gasteiger partial charge >= 0.3 is 0 Å². The molecule has 2 rings (SSSR count). The molecule has 5 heteroatoms. The van der Waals surface area contributed by atoms with Crippen LogP contribution in [-0.4, -0.2) is 26.0 Å². The third-order valence-corrected chi connectivity index (χ3v) is 4.60. The lowest BCUT2D eigenvalue weighted by Gasteiger charge is -2.38. The Bertz CT molecular complexity index is 409. The summed E-state index contributed by atoms with van der Waals surface area (Å²) in [6.07, 6.45) is 1.79. The Hall–Kier alpha value is -0.390. The van der Waals surface area contributed by atoms with Crippen molar-refractivity contribution in [2.45, 2.75) is 38.7 Å². The zero-order valence-electron chi connectivity index (χ0n) is 8.95. The molecule has 2 bridgehead atoms. The average molecular weight is 231 g/mol. The Balaban J connectivity index is 2.45. The van der Waals surface area contributed by atoms with Crippen LogP contribution in [0.25, 0.3) is 0 Å². The van der Waals surface area contributed by atoms with E-state index in [1.807, 2.05) is 13.8 Å². The van der Waals surface area contributed by atoms with E-state index >= 15 is 0 Å². The van der Waals surface area contributed by atoms with Gasteiger partial charge in [-0.15, -0.1) is 0 Å². The van der Waals surface area contributed by atoms with Gasteiger partial charge in [0.15, 0.2) is 5.78 Å². The van der Waals surface area contributed by atoms with Crippen LogP contribution in [0.5, 0.6) is 0 Å². The van der Waals surface area contributed by atoms with Crippen LogP contribution in [0.3, 0.4) is 0 Å².